The lowest BCUT2D eigenvalue weighted by Gasteiger charge is -2.31. The normalized spacial score (nSPS) is 27.4. The topological polar surface area (TPSA) is 104 Å². The molecular formula is C22H24N2O6S. The maximum atomic E-state index is 13.1. The van der Waals surface area contributed by atoms with Gasteiger partial charge in [0.05, 0.1) is 18.3 Å². The first-order valence-corrected chi connectivity index (χ1v) is 11.7. The van der Waals surface area contributed by atoms with Gasteiger partial charge < -0.3 is 14.7 Å². The van der Waals surface area contributed by atoms with Gasteiger partial charge in [0.25, 0.3) is 6.47 Å². The molecule has 0 bridgehead atoms. The van der Waals surface area contributed by atoms with Crippen molar-refractivity contribution in [2.24, 2.45) is 0 Å². The molecule has 2 aromatic rings. The summed E-state index contributed by atoms with van der Waals surface area (Å²) in [4.78, 5) is 22.8. The van der Waals surface area contributed by atoms with Gasteiger partial charge in [-0.25, -0.2) is 8.42 Å². The van der Waals surface area contributed by atoms with Crippen LogP contribution in [0.3, 0.4) is 0 Å². The predicted molar refractivity (Wildman–Crippen MR) is 112 cm³/mol. The number of sulfonamides is 1. The van der Waals surface area contributed by atoms with Crippen LogP contribution in [0.15, 0.2) is 60.7 Å². The van der Waals surface area contributed by atoms with E-state index in [4.69, 9.17) is 14.6 Å². The number of nitrogens with zero attached hydrogens (tertiary/aromatic N) is 2. The molecule has 31 heavy (non-hydrogen) atoms. The number of amides is 1. The molecule has 2 aromatic carbocycles. The Hall–Kier alpha value is -2.75. The summed E-state index contributed by atoms with van der Waals surface area (Å²) in [7, 11) is -3.54. The van der Waals surface area contributed by atoms with Crippen molar-refractivity contribution in [3.8, 4) is 0 Å². The van der Waals surface area contributed by atoms with Crippen LogP contribution in [0.5, 0.6) is 0 Å². The minimum Gasteiger partial charge on any atom is -0.483 e. The smallest absolute Gasteiger partial charge is 0.290 e. The highest BCUT2D eigenvalue weighted by atomic mass is 32.2. The highest BCUT2D eigenvalue weighted by Gasteiger charge is 2.65. The van der Waals surface area contributed by atoms with Crippen LogP contribution >= 0.6 is 0 Å². The lowest BCUT2D eigenvalue weighted by Crippen LogP contribution is -2.48. The Bertz CT molecular complexity index is 1050. The summed E-state index contributed by atoms with van der Waals surface area (Å²) in [5.74, 6) is -0.0838. The number of carboxylic acid groups (broad SMARTS) is 1. The second-order valence-electron chi connectivity index (χ2n) is 7.79. The predicted octanol–water partition coefficient (Wildman–Crippen LogP) is 1.99. The van der Waals surface area contributed by atoms with Crippen LogP contribution in [-0.4, -0.2) is 60.0 Å². The number of ether oxygens (including phenoxy) is 1. The Labute approximate surface area is 181 Å². The van der Waals surface area contributed by atoms with Crippen LogP contribution in [0.4, 0.5) is 0 Å². The van der Waals surface area contributed by atoms with Crippen LogP contribution in [0, 0.1) is 0 Å². The van der Waals surface area contributed by atoms with Gasteiger partial charge in [-0.05, 0) is 11.1 Å². The van der Waals surface area contributed by atoms with Crippen molar-refractivity contribution in [3.63, 3.8) is 0 Å². The SMILES string of the molecule is O=C1C[C@H]2N(S(=O)(=O)Cc3ccccc3)CC[C@]23O[C@@H](c2ccccc2)CN13.O=CO. The average Bonchev–Trinajstić information content (AvgIpc) is 3.38. The Morgan fingerprint density at radius 1 is 1.10 bits per heavy atom. The molecule has 9 heteroatoms. The molecule has 5 rings (SSSR count). The maximum absolute atomic E-state index is 13.1. The second-order valence-corrected chi connectivity index (χ2v) is 9.72. The van der Waals surface area contributed by atoms with Crippen LogP contribution in [-0.2, 0) is 30.1 Å². The minimum absolute atomic E-state index is 0.0250. The van der Waals surface area contributed by atoms with E-state index in [1.54, 1.807) is 4.90 Å². The van der Waals surface area contributed by atoms with Gasteiger partial charge >= 0.3 is 0 Å². The number of carbonyl (C=O) groups is 2. The summed E-state index contributed by atoms with van der Waals surface area (Å²) in [5, 5.41) is 6.89. The summed E-state index contributed by atoms with van der Waals surface area (Å²) in [5.41, 5.74) is 0.934. The fourth-order valence-electron chi connectivity index (χ4n) is 4.83. The number of benzene rings is 2. The summed E-state index contributed by atoms with van der Waals surface area (Å²) in [6.45, 7) is 0.608. The van der Waals surface area contributed by atoms with Crippen LogP contribution in [0.2, 0.25) is 0 Å². The third kappa shape index (κ3) is 3.84. The van der Waals surface area contributed by atoms with E-state index >= 15 is 0 Å². The van der Waals surface area contributed by atoms with Crippen molar-refractivity contribution in [3.05, 3.63) is 71.8 Å². The van der Waals surface area contributed by atoms with E-state index in [0.29, 0.717) is 19.5 Å². The monoisotopic (exact) mass is 444 g/mol. The van der Waals surface area contributed by atoms with E-state index in [-0.39, 0.29) is 30.7 Å². The zero-order valence-corrected chi connectivity index (χ0v) is 17.6. The van der Waals surface area contributed by atoms with Crippen molar-refractivity contribution in [2.45, 2.75) is 36.5 Å². The molecule has 0 aliphatic carbocycles. The molecule has 0 saturated carbocycles. The van der Waals surface area contributed by atoms with Gasteiger partial charge in [-0.15, -0.1) is 0 Å². The molecule has 0 radical (unpaired) electrons. The molecule has 3 aliphatic heterocycles. The molecule has 1 spiro atoms. The van der Waals surface area contributed by atoms with Gasteiger partial charge in [0.15, 0.2) is 5.72 Å². The van der Waals surface area contributed by atoms with E-state index in [0.717, 1.165) is 11.1 Å². The van der Waals surface area contributed by atoms with Gasteiger partial charge in [0.1, 0.15) is 6.10 Å². The first kappa shape index (κ1) is 21.5. The highest BCUT2D eigenvalue weighted by molar-refractivity contribution is 7.88. The molecule has 3 saturated heterocycles. The summed E-state index contributed by atoms with van der Waals surface area (Å²) >= 11 is 0. The van der Waals surface area contributed by atoms with Crippen molar-refractivity contribution in [1.29, 1.82) is 0 Å². The maximum Gasteiger partial charge on any atom is 0.290 e. The largest absolute Gasteiger partial charge is 0.483 e. The Morgan fingerprint density at radius 2 is 1.71 bits per heavy atom. The molecule has 3 aliphatic rings. The first-order valence-electron chi connectivity index (χ1n) is 10.1. The average molecular weight is 445 g/mol. The summed E-state index contributed by atoms with van der Waals surface area (Å²) in [6.07, 6.45) is 0.487. The third-order valence-corrected chi connectivity index (χ3v) is 7.95. The van der Waals surface area contributed by atoms with Crippen molar-refractivity contribution in [2.75, 3.05) is 13.1 Å². The van der Waals surface area contributed by atoms with Gasteiger partial charge in [-0.1, -0.05) is 60.7 Å². The Kier molecular flexibility index (Phi) is 5.83. The van der Waals surface area contributed by atoms with Gasteiger partial charge in [-0.3, -0.25) is 9.59 Å². The molecule has 3 heterocycles. The number of carbonyl (C=O) groups excluding carboxylic acids is 1. The Morgan fingerprint density at radius 3 is 2.35 bits per heavy atom. The van der Waals surface area contributed by atoms with E-state index in [9.17, 15) is 13.2 Å². The fraction of sp³-hybridized carbons (Fsp3) is 0.364. The number of hydrogen-bond acceptors (Lipinski definition) is 5. The van der Waals surface area contributed by atoms with Gasteiger partial charge in [0, 0.05) is 19.4 Å². The molecule has 3 fully saturated rings. The van der Waals surface area contributed by atoms with Gasteiger partial charge in [-0.2, -0.15) is 4.31 Å². The van der Waals surface area contributed by atoms with E-state index < -0.39 is 21.8 Å². The van der Waals surface area contributed by atoms with Crippen molar-refractivity contribution < 1.29 is 27.9 Å². The highest BCUT2D eigenvalue weighted by Crippen LogP contribution is 2.51. The number of rotatable bonds is 4. The molecule has 1 N–H and O–H groups in total. The molecule has 1 amide bonds. The zero-order chi connectivity index (χ0) is 22.1. The number of hydrogen-bond donors (Lipinski definition) is 1. The Balaban J connectivity index is 0.000000730. The molecule has 0 unspecified atom stereocenters. The van der Waals surface area contributed by atoms with E-state index in [1.807, 2.05) is 60.7 Å². The van der Waals surface area contributed by atoms with Crippen LogP contribution in [0.25, 0.3) is 0 Å². The molecule has 3 atom stereocenters. The summed E-state index contributed by atoms with van der Waals surface area (Å²) in [6, 6.07) is 18.5. The lowest BCUT2D eigenvalue weighted by atomic mass is 10.1. The standard InChI is InChI=1S/C21H22N2O4S.CH2O2/c24-20-13-19-21(22(20)14-18(27-21)17-9-5-2-6-10-17)11-12-23(19)28(25,26)15-16-7-3-1-4-8-16;2-1-3/h1-10,18-19H,11-15H2;1H,(H,2,3)/t18-,19-,21+;/m1./s1. The van der Waals surface area contributed by atoms with E-state index in [2.05, 4.69) is 0 Å². The molecule has 164 valence electrons. The summed E-state index contributed by atoms with van der Waals surface area (Å²) < 4.78 is 34.2. The third-order valence-electron chi connectivity index (χ3n) is 6.10. The molecule has 0 aromatic heterocycles. The van der Waals surface area contributed by atoms with E-state index in [1.165, 1.54) is 4.31 Å². The molecular weight excluding hydrogens is 420 g/mol. The van der Waals surface area contributed by atoms with Gasteiger partial charge in [0.2, 0.25) is 15.9 Å². The first-order chi connectivity index (χ1) is 14.9. The molecule has 8 nitrogen and oxygen atoms in total. The van der Waals surface area contributed by atoms with Crippen LogP contribution < -0.4 is 0 Å². The fourth-order valence-corrected chi connectivity index (χ4v) is 6.61. The quantitative estimate of drug-likeness (QED) is 0.724. The van der Waals surface area contributed by atoms with Crippen molar-refractivity contribution in [1.82, 2.24) is 9.21 Å². The lowest BCUT2D eigenvalue weighted by molar-refractivity contribution is -0.138. The zero-order valence-electron chi connectivity index (χ0n) is 16.8. The second kappa shape index (κ2) is 8.41. The van der Waals surface area contributed by atoms with Crippen molar-refractivity contribution >= 4 is 22.4 Å². The van der Waals surface area contributed by atoms with Crippen LogP contribution in [0.1, 0.15) is 30.1 Å². The minimum atomic E-state index is -3.54.